The third-order valence-electron chi connectivity index (χ3n) is 2.90. The molecular formula is C13H7ClF3N5O2. The van der Waals surface area contributed by atoms with Gasteiger partial charge in [0.2, 0.25) is 5.82 Å². The molecule has 0 radical (unpaired) electrons. The van der Waals surface area contributed by atoms with Gasteiger partial charge in [-0.1, -0.05) is 16.8 Å². The van der Waals surface area contributed by atoms with Gasteiger partial charge >= 0.3 is 11.9 Å². The molecule has 1 aromatic carbocycles. The first kappa shape index (κ1) is 16.0. The Labute approximate surface area is 136 Å². The SMILES string of the molecule is O=c1[nH]c(-c2nccnc2Nc2ccc(C(F)(F)F)c(Cl)c2)no1. The molecule has 11 heteroatoms. The predicted octanol–water partition coefficient (Wildman–Crippen LogP) is 3.24. The topological polar surface area (TPSA) is 96.7 Å². The van der Waals surface area contributed by atoms with Crippen molar-refractivity contribution >= 4 is 23.1 Å². The van der Waals surface area contributed by atoms with Crippen molar-refractivity contribution in [3.63, 3.8) is 0 Å². The fourth-order valence-corrected chi connectivity index (χ4v) is 2.18. The van der Waals surface area contributed by atoms with E-state index in [2.05, 4.69) is 29.9 Å². The monoisotopic (exact) mass is 357 g/mol. The molecule has 0 unspecified atom stereocenters. The third kappa shape index (κ3) is 3.23. The summed E-state index contributed by atoms with van der Waals surface area (Å²) in [7, 11) is 0. The van der Waals surface area contributed by atoms with Crippen LogP contribution in [0.2, 0.25) is 5.02 Å². The van der Waals surface area contributed by atoms with Gasteiger partial charge < -0.3 is 5.32 Å². The quantitative estimate of drug-likeness (QED) is 0.747. The molecular weight excluding hydrogens is 351 g/mol. The number of anilines is 2. The highest BCUT2D eigenvalue weighted by Crippen LogP contribution is 2.36. The number of aromatic nitrogens is 4. The molecule has 3 rings (SSSR count). The first-order valence-electron chi connectivity index (χ1n) is 6.36. The van der Waals surface area contributed by atoms with Crippen LogP contribution in [0.1, 0.15) is 5.56 Å². The van der Waals surface area contributed by atoms with E-state index in [9.17, 15) is 18.0 Å². The Balaban J connectivity index is 1.95. The maximum atomic E-state index is 12.7. The summed E-state index contributed by atoms with van der Waals surface area (Å²) >= 11 is 5.67. The highest BCUT2D eigenvalue weighted by Gasteiger charge is 2.33. The van der Waals surface area contributed by atoms with E-state index < -0.39 is 22.5 Å². The number of H-pyrrole nitrogens is 1. The number of hydrogen-bond donors (Lipinski definition) is 2. The van der Waals surface area contributed by atoms with Crippen LogP contribution in [0.3, 0.4) is 0 Å². The van der Waals surface area contributed by atoms with Gasteiger partial charge in [-0.25, -0.2) is 14.8 Å². The predicted molar refractivity (Wildman–Crippen MR) is 77.9 cm³/mol. The van der Waals surface area contributed by atoms with E-state index in [0.717, 1.165) is 12.1 Å². The summed E-state index contributed by atoms with van der Waals surface area (Å²) in [6, 6.07) is 3.14. The van der Waals surface area contributed by atoms with Crippen molar-refractivity contribution in [2.45, 2.75) is 6.18 Å². The summed E-state index contributed by atoms with van der Waals surface area (Å²) in [5, 5.41) is 5.80. The van der Waals surface area contributed by atoms with Gasteiger partial charge in [0.05, 0.1) is 10.6 Å². The molecule has 0 amide bonds. The van der Waals surface area contributed by atoms with E-state index in [1.54, 1.807) is 0 Å². The Hall–Kier alpha value is -2.88. The van der Waals surface area contributed by atoms with Crippen molar-refractivity contribution in [3.8, 4) is 11.5 Å². The van der Waals surface area contributed by atoms with Gasteiger partial charge in [0, 0.05) is 18.1 Å². The number of rotatable bonds is 3. The molecule has 2 heterocycles. The van der Waals surface area contributed by atoms with E-state index in [1.807, 2.05) is 0 Å². The van der Waals surface area contributed by atoms with Crippen LogP contribution < -0.4 is 11.1 Å². The van der Waals surface area contributed by atoms with Crippen LogP contribution in [-0.2, 0) is 6.18 Å². The average Bonchev–Trinajstić information content (AvgIpc) is 2.93. The first-order chi connectivity index (χ1) is 11.3. The third-order valence-corrected chi connectivity index (χ3v) is 3.21. The van der Waals surface area contributed by atoms with Crippen molar-refractivity contribution in [2.24, 2.45) is 0 Å². The standard InChI is InChI=1S/C13H7ClF3N5O2/c14-8-5-6(1-2-7(8)13(15,16)17)20-10-9(18-3-4-19-10)11-21-12(23)24-22-11/h1-5H,(H,19,20)(H,21,22,23). The van der Waals surface area contributed by atoms with Gasteiger partial charge in [0.15, 0.2) is 11.5 Å². The maximum Gasteiger partial charge on any atom is 0.439 e. The number of aromatic amines is 1. The molecule has 0 fully saturated rings. The molecule has 3 aromatic rings. The lowest BCUT2D eigenvalue weighted by Gasteiger charge is -2.12. The minimum atomic E-state index is -4.55. The first-order valence-corrected chi connectivity index (χ1v) is 6.73. The Bertz CT molecular complexity index is 938. The molecule has 0 saturated carbocycles. The lowest BCUT2D eigenvalue weighted by molar-refractivity contribution is -0.137. The van der Waals surface area contributed by atoms with E-state index in [4.69, 9.17) is 11.6 Å². The highest BCUT2D eigenvalue weighted by molar-refractivity contribution is 6.31. The smallest absolute Gasteiger partial charge is 0.338 e. The molecule has 24 heavy (non-hydrogen) atoms. The van der Waals surface area contributed by atoms with Gasteiger partial charge in [-0.3, -0.25) is 9.51 Å². The number of nitrogens with zero attached hydrogens (tertiary/aromatic N) is 3. The summed E-state index contributed by atoms with van der Waals surface area (Å²) in [5.41, 5.74) is -0.546. The number of benzene rings is 1. The van der Waals surface area contributed by atoms with Gasteiger partial charge in [-0.2, -0.15) is 13.2 Å². The van der Waals surface area contributed by atoms with E-state index in [1.165, 1.54) is 18.5 Å². The summed E-state index contributed by atoms with van der Waals surface area (Å²) in [4.78, 5) is 21.4. The van der Waals surface area contributed by atoms with E-state index in [-0.39, 0.29) is 23.0 Å². The molecule has 0 aliphatic rings. The Morgan fingerprint density at radius 1 is 1.21 bits per heavy atom. The fraction of sp³-hybridized carbons (Fsp3) is 0.0769. The molecule has 0 aliphatic carbocycles. The average molecular weight is 358 g/mol. The minimum absolute atomic E-state index is 0.0219. The number of hydrogen-bond acceptors (Lipinski definition) is 6. The zero-order chi connectivity index (χ0) is 17.3. The summed E-state index contributed by atoms with van der Waals surface area (Å²) < 4.78 is 42.5. The van der Waals surface area contributed by atoms with Crippen molar-refractivity contribution in [2.75, 3.05) is 5.32 Å². The minimum Gasteiger partial charge on any atom is -0.338 e. The Morgan fingerprint density at radius 3 is 2.58 bits per heavy atom. The zero-order valence-electron chi connectivity index (χ0n) is 11.6. The van der Waals surface area contributed by atoms with Gasteiger partial charge in [0.25, 0.3) is 0 Å². The molecule has 2 aromatic heterocycles. The van der Waals surface area contributed by atoms with Crippen molar-refractivity contribution in [3.05, 3.63) is 51.7 Å². The zero-order valence-corrected chi connectivity index (χ0v) is 12.3. The lowest BCUT2D eigenvalue weighted by Crippen LogP contribution is -2.06. The molecule has 0 bridgehead atoms. The molecule has 0 spiro atoms. The normalized spacial score (nSPS) is 11.5. The molecule has 2 N–H and O–H groups in total. The van der Waals surface area contributed by atoms with Crippen molar-refractivity contribution in [1.29, 1.82) is 0 Å². The summed E-state index contributed by atoms with van der Waals surface area (Å²) in [6.07, 6.45) is -1.84. The molecule has 0 atom stereocenters. The second-order valence-corrected chi connectivity index (χ2v) is 4.92. The Kier molecular flexibility index (Phi) is 3.97. The highest BCUT2D eigenvalue weighted by atomic mass is 35.5. The van der Waals surface area contributed by atoms with Crippen LogP contribution >= 0.6 is 11.6 Å². The van der Waals surface area contributed by atoms with Crippen molar-refractivity contribution in [1.82, 2.24) is 20.1 Å². The van der Waals surface area contributed by atoms with Crippen molar-refractivity contribution < 1.29 is 17.7 Å². The van der Waals surface area contributed by atoms with Crippen LogP contribution in [-0.4, -0.2) is 20.1 Å². The van der Waals surface area contributed by atoms with Crippen LogP contribution in [0.4, 0.5) is 24.7 Å². The van der Waals surface area contributed by atoms with Crippen LogP contribution in [0.15, 0.2) is 39.9 Å². The molecule has 124 valence electrons. The second kappa shape index (κ2) is 5.96. The van der Waals surface area contributed by atoms with Crippen LogP contribution in [0.25, 0.3) is 11.5 Å². The number of nitrogens with one attached hydrogen (secondary N) is 2. The lowest BCUT2D eigenvalue weighted by atomic mass is 10.2. The maximum absolute atomic E-state index is 12.7. The van der Waals surface area contributed by atoms with Crippen LogP contribution in [0.5, 0.6) is 0 Å². The number of alkyl halides is 3. The van der Waals surface area contributed by atoms with Gasteiger partial charge in [-0.15, -0.1) is 0 Å². The fourth-order valence-electron chi connectivity index (χ4n) is 1.89. The van der Waals surface area contributed by atoms with E-state index in [0.29, 0.717) is 0 Å². The second-order valence-electron chi connectivity index (χ2n) is 4.51. The number of halogens is 4. The molecule has 0 aliphatic heterocycles. The molecule has 0 saturated heterocycles. The van der Waals surface area contributed by atoms with Gasteiger partial charge in [-0.05, 0) is 18.2 Å². The molecule has 7 nitrogen and oxygen atoms in total. The largest absolute Gasteiger partial charge is 0.439 e. The van der Waals surface area contributed by atoms with Gasteiger partial charge in [0.1, 0.15) is 0 Å². The van der Waals surface area contributed by atoms with Crippen LogP contribution in [0, 0.1) is 0 Å². The summed E-state index contributed by atoms with van der Waals surface area (Å²) in [5.74, 6) is -0.606. The van der Waals surface area contributed by atoms with E-state index >= 15 is 0 Å². The summed E-state index contributed by atoms with van der Waals surface area (Å²) in [6.45, 7) is 0. The Morgan fingerprint density at radius 2 is 1.96 bits per heavy atom.